The first-order valence-electron chi connectivity index (χ1n) is 8.47. The van der Waals surface area contributed by atoms with Gasteiger partial charge in [-0.3, -0.25) is 9.59 Å². The van der Waals surface area contributed by atoms with Gasteiger partial charge in [0.25, 0.3) is 0 Å². The summed E-state index contributed by atoms with van der Waals surface area (Å²) in [6.45, 7) is 0. The molecule has 3 heterocycles. The first-order valence-corrected chi connectivity index (χ1v) is 12.4. The number of carbonyl (C=O) groups is 2. The number of thioether (sulfide) groups is 2. The molecular formula is C18H19NO2S4. The molecule has 4 rings (SSSR count). The summed E-state index contributed by atoms with van der Waals surface area (Å²) in [6.07, 6.45) is 4.26. The SMILES string of the molecule is O=C(c1cccs1)c1c(NC(=O)C2CSCCS2)sc2c1CCCC2. The predicted molar refractivity (Wildman–Crippen MR) is 111 cm³/mol. The molecule has 1 saturated heterocycles. The van der Waals surface area contributed by atoms with Crippen LogP contribution in [0.25, 0.3) is 0 Å². The third-order valence-electron chi connectivity index (χ3n) is 4.49. The molecule has 1 fully saturated rings. The summed E-state index contributed by atoms with van der Waals surface area (Å²) in [6, 6.07) is 3.78. The van der Waals surface area contributed by atoms with Crippen LogP contribution in [0.15, 0.2) is 17.5 Å². The summed E-state index contributed by atoms with van der Waals surface area (Å²) < 4.78 is 0. The molecule has 25 heavy (non-hydrogen) atoms. The quantitative estimate of drug-likeness (QED) is 0.743. The van der Waals surface area contributed by atoms with E-state index in [2.05, 4.69) is 5.32 Å². The maximum absolute atomic E-state index is 13.1. The number of aryl methyl sites for hydroxylation is 1. The number of carbonyl (C=O) groups excluding carboxylic acids is 2. The minimum atomic E-state index is -0.0115. The second-order valence-corrected chi connectivity index (χ2v) is 10.7. The van der Waals surface area contributed by atoms with Gasteiger partial charge in [-0.25, -0.2) is 0 Å². The van der Waals surface area contributed by atoms with Crippen molar-refractivity contribution in [2.24, 2.45) is 0 Å². The Balaban J connectivity index is 1.65. The maximum atomic E-state index is 13.1. The standard InChI is InChI=1S/C18H19NO2S4/c20-16(13-6-3-7-23-13)15-11-4-1-2-5-12(11)25-18(15)19-17(21)14-10-22-8-9-24-14/h3,6-7,14H,1-2,4-5,8-10H2,(H,19,21). The van der Waals surface area contributed by atoms with E-state index in [9.17, 15) is 9.59 Å². The van der Waals surface area contributed by atoms with Gasteiger partial charge in [0.15, 0.2) is 0 Å². The zero-order chi connectivity index (χ0) is 17.2. The Morgan fingerprint density at radius 3 is 2.80 bits per heavy atom. The molecule has 2 aromatic rings. The van der Waals surface area contributed by atoms with Gasteiger partial charge in [-0.15, -0.1) is 34.4 Å². The lowest BCUT2D eigenvalue weighted by Gasteiger charge is -2.20. The third-order valence-corrected chi connectivity index (χ3v) is 9.32. The summed E-state index contributed by atoms with van der Waals surface area (Å²) in [5.41, 5.74) is 1.93. The molecule has 2 aliphatic rings. The molecule has 1 amide bonds. The van der Waals surface area contributed by atoms with Crippen LogP contribution in [-0.4, -0.2) is 34.2 Å². The van der Waals surface area contributed by atoms with Crippen LogP contribution in [0.2, 0.25) is 0 Å². The smallest absolute Gasteiger partial charge is 0.238 e. The fraction of sp³-hybridized carbons (Fsp3) is 0.444. The Kier molecular flexibility index (Phi) is 5.55. The van der Waals surface area contributed by atoms with Gasteiger partial charge in [0.2, 0.25) is 11.7 Å². The van der Waals surface area contributed by atoms with E-state index >= 15 is 0 Å². The lowest BCUT2D eigenvalue weighted by Crippen LogP contribution is -2.30. The summed E-state index contributed by atoms with van der Waals surface area (Å²) >= 11 is 6.65. The van der Waals surface area contributed by atoms with Crippen LogP contribution in [0.3, 0.4) is 0 Å². The number of thiophene rings is 2. The molecule has 0 radical (unpaired) electrons. The van der Waals surface area contributed by atoms with Crippen molar-refractivity contribution in [3.8, 4) is 0 Å². The molecule has 0 spiro atoms. The van der Waals surface area contributed by atoms with Crippen LogP contribution < -0.4 is 5.32 Å². The second kappa shape index (κ2) is 7.86. The Labute approximate surface area is 164 Å². The van der Waals surface area contributed by atoms with Gasteiger partial charge in [0.1, 0.15) is 5.00 Å². The third kappa shape index (κ3) is 3.70. The predicted octanol–water partition coefficient (Wildman–Crippen LogP) is 4.71. The van der Waals surface area contributed by atoms with Crippen LogP contribution in [0, 0.1) is 0 Å². The van der Waals surface area contributed by atoms with E-state index in [1.54, 1.807) is 23.1 Å². The van der Waals surface area contributed by atoms with Crippen molar-refractivity contribution < 1.29 is 9.59 Å². The van der Waals surface area contributed by atoms with Crippen LogP contribution >= 0.6 is 46.2 Å². The van der Waals surface area contributed by atoms with Crippen LogP contribution in [0.5, 0.6) is 0 Å². The molecule has 0 saturated carbocycles. The highest BCUT2D eigenvalue weighted by atomic mass is 32.2. The number of ketones is 1. The van der Waals surface area contributed by atoms with E-state index in [0.29, 0.717) is 0 Å². The minimum Gasteiger partial charge on any atom is -0.316 e. The van der Waals surface area contributed by atoms with Crippen LogP contribution in [0.1, 0.15) is 38.5 Å². The van der Waals surface area contributed by atoms with E-state index in [4.69, 9.17) is 0 Å². The van der Waals surface area contributed by atoms with Crippen LogP contribution in [-0.2, 0) is 17.6 Å². The number of hydrogen-bond donors (Lipinski definition) is 1. The number of nitrogens with one attached hydrogen (secondary N) is 1. The summed E-state index contributed by atoms with van der Waals surface area (Å²) in [5.74, 6) is 3.11. The van der Waals surface area contributed by atoms with Crippen molar-refractivity contribution in [1.29, 1.82) is 0 Å². The van der Waals surface area contributed by atoms with Crippen molar-refractivity contribution in [1.82, 2.24) is 0 Å². The summed E-state index contributed by atoms with van der Waals surface area (Å²) in [4.78, 5) is 27.8. The van der Waals surface area contributed by atoms with Gasteiger partial charge in [0.05, 0.1) is 15.7 Å². The summed E-state index contributed by atoms with van der Waals surface area (Å²) in [5, 5.41) is 5.80. The second-order valence-electron chi connectivity index (χ2n) is 6.15. The molecule has 1 N–H and O–H groups in total. The molecule has 2 aromatic heterocycles. The van der Waals surface area contributed by atoms with E-state index in [1.165, 1.54) is 28.2 Å². The summed E-state index contributed by atoms with van der Waals surface area (Å²) in [7, 11) is 0. The maximum Gasteiger partial charge on any atom is 0.238 e. The Hall–Kier alpha value is -0.760. The fourth-order valence-corrected chi connectivity index (χ4v) is 7.77. The normalized spacial score (nSPS) is 20.1. The first kappa shape index (κ1) is 17.6. The average Bonchev–Trinajstić information content (AvgIpc) is 3.29. The van der Waals surface area contributed by atoms with E-state index in [0.717, 1.165) is 52.0 Å². The topological polar surface area (TPSA) is 46.2 Å². The molecular weight excluding hydrogens is 390 g/mol. The first-order chi connectivity index (χ1) is 12.2. The molecule has 1 unspecified atom stereocenters. The molecule has 0 aromatic carbocycles. The highest BCUT2D eigenvalue weighted by molar-refractivity contribution is 8.07. The Morgan fingerprint density at radius 2 is 2.04 bits per heavy atom. The zero-order valence-electron chi connectivity index (χ0n) is 13.7. The Bertz CT molecular complexity index is 775. The van der Waals surface area contributed by atoms with Crippen molar-refractivity contribution in [3.63, 3.8) is 0 Å². The highest BCUT2D eigenvalue weighted by Crippen LogP contribution is 2.40. The molecule has 1 atom stereocenters. The van der Waals surface area contributed by atoms with E-state index in [1.807, 2.05) is 29.3 Å². The molecule has 1 aliphatic carbocycles. The molecule has 0 bridgehead atoms. The number of rotatable bonds is 4. The van der Waals surface area contributed by atoms with Crippen LogP contribution in [0.4, 0.5) is 5.00 Å². The van der Waals surface area contributed by atoms with E-state index < -0.39 is 0 Å². The lowest BCUT2D eigenvalue weighted by atomic mass is 9.93. The average molecular weight is 410 g/mol. The van der Waals surface area contributed by atoms with Gasteiger partial charge in [-0.2, -0.15) is 11.8 Å². The lowest BCUT2D eigenvalue weighted by molar-refractivity contribution is -0.115. The van der Waals surface area contributed by atoms with Crippen molar-refractivity contribution >= 4 is 62.9 Å². The monoisotopic (exact) mass is 409 g/mol. The van der Waals surface area contributed by atoms with E-state index in [-0.39, 0.29) is 16.9 Å². The number of fused-ring (bicyclic) bond motifs is 1. The Morgan fingerprint density at radius 1 is 1.16 bits per heavy atom. The van der Waals surface area contributed by atoms with Crippen molar-refractivity contribution in [3.05, 3.63) is 38.4 Å². The van der Waals surface area contributed by atoms with Gasteiger partial charge in [-0.05, 0) is 42.7 Å². The number of anilines is 1. The highest BCUT2D eigenvalue weighted by Gasteiger charge is 2.29. The zero-order valence-corrected chi connectivity index (χ0v) is 17.0. The largest absolute Gasteiger partial charge is 0.316 e. The minimum absolute atomic E-state index is 0.0115. The molecule has 1 aliphatic heterocycles. The number of amides is 1. The van der Waals surface area contributed by atoms with Gasteiger partial charge in [0, 0.05) is 22.1 Å². The van der Waals surface area contributed by atoms with Crippen molar-refractivity contribution in [2.45, 2.75) is 30.9 Å². The van der Waals surface area contributed by atoms with Gasteiger partial charge < -0.3 is 5.32 Å². The molecule has 132 valence electrons. The van der Waals surface area contributed by atoms with Gasteiger partial charge in [-0.1, -0.05) is 6.07 Å². The number of hydrogen-bond acceptors (Lipinski definition) is 6. The molecule has 7 heteroatoms. The van der Waals surface area contributed by atoms with Crippen molar-refractivity contribution in [2.75, 3.05) is 22.6 Å². The fourth-order valence-electron chi connectivity index (χ4n) is 3.26. The molecule has 3 nitrogen and oxygen atoms in total. The van der Waals surface area contributed by atoms with Gasteiger partial charge >= 0.3 is 0 Å².